The van der Waals surface area contributed by atoms with Gasteiger partial charge in [0.2, 0.25) is 0 Å². The molecule has 0 fully saturated rings. The molecule has 2 aromatic carbocycles. The predicted molar refractivity (Wildman–Crippen MR) is 96.3 cm³/mol. The smallest absolute Gasteiger partial charge is 0.258 e. The fourth-order valence-electron chi connectivity index (χ4n) is 1.68. The molecule has 0 unspecified atom stereocenters. The molecule has 0 heterocycles. The van der Waals surface area contributed by atoms with E-state index in [1.807, 2.05) is 19.1 Å². The lowest BCUT2D eigenvalue weighted by Gasteiger charge is -2.11. The van der Waals surface area contributed by atoms with E-state index in [2.05, 4.69) is 10.6 Å². The molecule has 0 atom stereocenters. The topological polar surface area (TPSA) is 41.1 Å². The lowest BCUT2D eigenvalue weighted by molar-refractivity contribution is 0.0978. The second-order valence-electron chi connectivity index (χ2n) is 4.50. The number of nitrogens with one attached hydrogen (secondary N) is 2. The molecular weight excluding hydrogens is 363 g/mol. The molecule has 0 aliphatic heterocycles. The van der Waals surface area contributed by atoms with E-state index in [9.17, 15) is 4.79 Å². The minimum atomic E-state index is -0.419. The molecule has 0 saturated carbocycles. The predicted octanol–water partition coefficient (Wildman–Crippen LogP) is 5.08. The van der Waals surface area contributed by atoms with Gasteiger partial charge >= 0.3 is 0 Å². The van der Waals surface area contributed by atoms with Gasteiger partial charge in [-0.3, -0.25) is 10.1 Å². The molecule has 1 amide bonds. The fraction of sp³-hybridized carbons (Fsp3) is 0.0667. The number of halogens is 3. The summed E-state index contributed by atoms with van der Waals surface area (Å²) in [6.07, 6.45) is 0. The molecule has 3 nitrogen and oxygen atoms in total. The molecular formula is C15H11Cl3N2OS. The molecule has 0 saturated heterocycles. The summed E-state index contributed by atoms with van der Waals surface area (Å²) >= 11 is 22.9. The first-order chi connectivity index (χ1) is 10.4. The van der Waals surface area contributed by atoms with Gasteiger partial charge in [0, 0.05) is 15.7 Å². The van der Waals surface area contributed by atoms with Crippen LogP contribution in [0.5, 0.6) is 0 Å². The van der Waals surface area contributed by atoms with Crippen LogP contribution in [0, 0.1) is 6.92 Å². The summed E-state index contributed by atoms with van der Waals surface area (Å²) in [4.78, 5) is 12.1. The highest BCUT2D eigenvalue weighted by atomic mass is 35.5. The van der Waals surface area contributed by atoms with Crippen molar-refractivity contribution in [2.75, 3.05) is 5.32 Å². The van der Waals surface area contributed by atoms with E-state index >= 15 is 0 Å². The second-order valence-corrected chi connectivity index (χ2v) is 6.16. The fourth-order valence-corrected chi connectivity index (χ4v) is 2.56. The quantitative estimate of drug-likeness (QED) is 0.721. The van der Waals surface area contributed by atoms with Crippen molar-refractivity contribution < 1.29 is 4.79 Å². The minimum Gasteiger partial charge on any atom is -0.332 e. The Kier molecular flexibility index (Phi) is 5.64. The van der Waals surface area contributed by atoms with Crippen LogP contribution < -0.4 is 10.6 Å². The number of hydrogen-bond donors (Lipinski definition) is 2. The molecule has 0 bridgehead atoms. The molecule has 0 radical (unpaired) electrons. The van der Waals surface area contributed by atoms with E-state index in [4.69, 9.17) is 47.0 Å². The number of anilines is 1. The van der Waals surface area contributed by atoms with Crippen molar-refractivity contribution in [2.24, 2.45) is 0 Å². The maximum absolute atomic E-state index is 12.1. The van der Waals surface area contributed by atoms with Crippen molar-refractivity contribution >= 4 is 63.7 Å². The van der Waals surface area contributed by atoms with Crippen molar-refractivity contribution in [3.63, 3.8) is 0 Å². The molecule has 7 heteroatoms. The highest BCUT2D eigenvalue weighted by Gasteiger charge is 2.12. The number of rotatable bonds is 2. The Hall–Kier alpha value is -1.33. The zero-order chi connectivity index (χ0) is 16.3. The Morgan fingerprint density at radius 1 is 1.05 bits per heavy atom. The summed E-state index contributed by atoms with van der Waals surface area (Å²) in [6.45, 7) is 1.90. The van der Waals surface area contributed by atoms with Crippen molar-refractivity contribution in [3.05, 3.63) is 62.6 Å². The molecule has 0 spiro atoms. The van der Waals surface area contributed by atoms with Crippen molar-refractivity contribution in [1.82, 2.24) is 5.32 Å². The maximum atomic E-state index is 12.1. The Morgan fingerprint density at radius 2 is 1.77 bits per heavy atom. The van der Waals surface area contributed by atoms with Gasteiger partial charge in [-0.25, -0.2) is 0 Å². The molecule has 114 valence electrons. The average Bonchev–Trinajstić information content (AvgIpc) is 2.42. The molecule has 0 aromatic heterocycles. The summed E-state index contributed by atoms with van der Waals surface area (Å²) in [7, 11) is 0. The third kappa shape index (κ3) is 4.34. The zero-order valence-corrected chi connectivity index (χ0v) is 14.5. The maximum Gasteiger partial charge on any atom is 0.258 e. The molecule has 0 aliphatic rings. The van der Waals surface area contributed by atoms with Crippen molar-refractivity contribution in [3.8, 4) is 0 Å². The Labute approximate surface area is 148 Å². The summed E-state index contributed by atoms with van der Waals surface area (Å²) in [5.74, 6) is -0.419. The van der Waals surface area contributed by atoms with E-state index in [1.165, 1.54) is 12.1 Å². The van der Waals surface area contributed by atoms with E-state index in [0.717, 1.165) is 5.56 Å². The second kappa shape index (κ2) is 7.29. The third-order valence-corrected chi connectivity index (χ3v) is 3.99. The lowest BCUT2D eigenvalue weighted by Crippen LogP contribution is -2.34. The van der Waals surface area contributed by atoms with Gasteiger partial charge in [0.15, 0.2) is 5.11 Å². The van der Waals surface area contributed by atoms with Gasteiger partial charge in [-0.1, -0.05) is 40.9 Å². The Bertz CT molecular complexity index is 750. The normalized spacial score (nSPS) is 10.2. The van der Waals surface area contributed by atoms with Crippen LogP contribution in [-0.2, 0) is 0 Å². The number of thiocarbonyl (C=S) groups is 1. The van der Waals surface area contributed by atoms with E-state index in [0.29, 0.717) is 15.7 Å². The highest BCUT2D eigenvalue weighted by molar-refractivity contribution is 7.80. The first-order valence-corrected chi connectivity index (χ1v) is 7.74. The molecule has 2 aromatic rings. The number of carbonyl (C=O) groups excluding carboxylic acids is 1. The van der Waals surface area contributed by atoms with Crippen molar-refractivity contribution in [1.29, 1.82) is 0 Å². The molecule has 2 N–H and O–H groups in total. The molecule has 0 aliphatic carbocycles. The third-order valence-electron chi connectivity index (χ3n) is 2.83. The van der Waals surface area contributed by atoms with Crippen LogP contribution in [0.3, 0.4) is 0 Å². The van der Waals surface area contributed by atoms with Crippen LogP contribution >= 0.6 is 47.0 Å². The van der Waals surface area contributed by atoms with Crippen LogP contribution in [0.2, 0.25) is 15.1 Å². The average molecular weight is 374 g/mol. The van der Waals surface area contributed by atoms with Crippen LogP contribution in [-0.4, -0.2) is 11.0 Å². The van der Waals surface area contributed by atoms with Gasteiger partial charge < -0.3 is 5.32 Å². The van der Waals surface area contributed by atoms with Crippen LogP contribution in [0.1, 0.15) is 15.9 Å². The number of aryl methyl sites for hydroxylation is 1. The molecule has 22 heavy (non-hydrogen) atoms. The SMILES string of the molecule is Cc1ccc(NC(=S)NC(=O)c2ccc(Cl)cc2Cl)cc1Cl. The van der Waals surface area contributed by atoms with Gasteiger partial charge in [-0.15, -0.1) is 0 Å². The van der Waals surface area contributed by atoms with Gasteiger partial charge in [0.1, 0.15) is 0 Å². The summed E-state index contributed by atoms with van der Waals surface area (Å²) in [5.41, 5.74) is 1.93. The Morgan fingerprint density at radius 3 is 2.41 bits per heavy atom. The summed E-state index contributed by atoms with van der Waals surface area (Å²) in [6, 6.07) is 10.0. The standard InChI is InChI=1S/C15H11Cl3N2OS/c1-8-2-4-10(7-12(8)17)19-15(22)20-14(21)11-5-3-9(16)6-13(11)18/h2-7H,1H3,(H2,19,20,21,22). The highest BCUT2D eigenvalue weighted by Crippen LogP contribution is 2.21. The number of amides is 1. The molecule has 2 rings (SSSR count). The monoisotopic (exact) mass is 372 g/mol. The Balaban J connectivity index is 2.05. The van der Waals surface area contributed by atoms with Gasteiger partial charge in [0.25, 0.3) is 5.91 Å². The zero-order valence-electron chi connectivity index (χ0n) is 11.4. The van der Waals surface area contributed by atoms with Gasteiger partial charge in [-0.05, 0) is 55.0 Å². The van der Waals surface area contributed by atoms with E-state index < -0.39 is 5.91 Å². The van der Waals surface area contributed by atoms with Crippen LogP contribution in [0.4, 0.5) is 5.69 Å². The first kappa shape index (κ1) is 17.0. The number of carbonyl (C=O) groups is 1. The minimum absolute atomic E-state index is 0.149. The number of benzene rings is 2. The van der Waals surface area contributed by atoms with E-state index in [1.54, 1.807) is 12.1 Å². The van der Waals surface area contributed by atoms with Gasteiger partial charge in [0.05, 0.1) is 10.6 Å². The van der Waals surface area contributed by atoms with Crippen LogP contribution in [0.25, 0.3) is 0 Å². The summed E-state index contributed by atoms with van der Waals surface area (Å²) in [5, 5.41) is 6.91. The lowest BCUT2D eigenvalue weighted by atomic mass is 10.2. The largest absolute Gasteiger partial charge is 0.332 e. The first-order valence-electron chi connectivity index (χ1n) is 6.20. The van der Waals surface area contributed by atoms with E-state index in [-0.39, 0.29) is 15.7 Å². The van der Waals surface area contributed by atoms with Crippen molar-refractivity contribution in [2.45, 2.75) is 6.92 Å². The van der Waals surface area contributed by atoms with Crippen LogP contribution in [0.15, 0.2) is 36.4 Å². The van der Waals surface area contributed by atoms with Gasteiger partial charge in [-0.2, -0.15) is 0 Å². The summed E-state index contributed by atoms with van der Waals surface area (Å²) < 4.78 is 0. The number of hydrogen-bond acceptors (Lipinski definition) is 2.